The lowest BCUT2D eigenvalue weighted by atomic mass is 10.1. The molecule has 0 aliphatic carbocycles. The van der Waals surface area contributed by atoms with Crippen LogP contribution in [0.4, 0.5) is 39.5 Å². The Kier molecular flexibility index (Phi) is 8.67. The van der Waals surface area contributed by atoms with E-state index in [-0.39, 0.29) is 0 Å². The van der Waals surface area contributed by atoms with Gasteiger partial charge in [0.25, 0.3) is 0 Å². The first kappa shape index (κ1) is 22.6. The van der Waals surface area contributed by atoms with Crippen LogP contribution in [0.2, 0.25) is 0 Å². The summed E-state index contributed by atoms with van der Waals surface area (Å²) in [5.41, 5.74) is 0. The van der Waals surface area contributed by atoms with Crippen molar-refractivity contribution in [2.75, 3.05) is 19.8 Å². The molecule has 11 heteroatoms. The Morgan fingerprint density at radius 1 is 0.619 bits per heavy atom. The maximum atomic E-state index is 12.3. The predicted molar refractivity (Wildman–Crippen MR) is 54.7 cm³/mol. The Morgan fingerprint density at radius 2 is 1.00 bits per heavy atom. The van der Waals surface area contributed by atoms with Gasteiger partial charge in [-0.2, -0.15) is 39.5 Å². The number of hydrogen-bond donors (Lipinski definition) is 0. The second-order valence-electron chi connectivity index (χ2n) is 3.38. The zero-order valence-electron chi connectivity index (χ0n) is 11.3. The first-order chi connectivity index (χ1) is 9.22. The van der Waals surface area contributed by atoms with Crippen LogP contribution in [0.15, 0.2) is 0 Å². The van der Waals surface area contributed by atoms with E-state index in [1.54, 1.807) is 0 Å². The number of ether oxygens (including phenoxy) is 2. The van der Waals surface area contributed by atoms with Gasteiger partial charge >= 0.3 is 24.1 Å². The lowest BCUT2D eigenvalue weighted by molar-refractivity contribution is -0.443. The van der Waals surface area contributed by atoms with Gasteiger partial charge in [0.1, 0.15) is 0 Å². The lowest BCUT2D eigenvalue weighted by Crippen LogP contribution is -2.61. The SMILES string of the molecule is CCOC(F)(F)C(F)(F)C(F)(F)C(F)(F)F.CCOCC. The van der Waals surface area contributed by atoms with Gasteiger partial charge < -0.3 is 9.47 Å². The summed E-state index contributed by atoms with van der Waals surface area (Å²) in [6.07, 6.45) is -12.7. The quantitative estimate of drug-likeness (QED) is 0.665. The monoisotopic (exact) mass is 338 g/mol. The second-order valence-corrected chi connectivity index (χ2v) is 3.38. The topological polar surface area (TPSA) is 18.5 Å². The van der Waals surface area contributed by atoms with E-state index >= 15 is 0 Å². The van der Waals surface area contributed by atoms with Gasteiger partial charge in [0, 0.05) is 13.2 Å². The molecule has 0 saturated heterocycles. The summed E-state index contributed by atoms with van der Waals surface area (Å²) in [6.45, 7) is 5.24. The molecular weight excluding hydrogens is 323 g/mol. The van der Waals surface area contributed by atoms with Gasteiger partial charge in [-0.05, 0) is 20.8 Å². The largest absolute Gasteiger partial charge is 0.460 e. The van der Waals surface area contributed by atoms with Crippen LogP contribution in [0.3, 0.4) is 0 Å². The van der Waals surface area contributed by atoms with E-state index in [1.165, 1.54) is 0 Å². The highest BCUT2D eigenvalue weighted by Crippen LogP contribution is 2.53. The fourth-order valence-electron chi connectivity index (χ4n) is 0.837. The minimum Gasteiger partial charge on any atom is -0.382 e. The van der Waals surface area contributed by atoms with E-state index in [9.17, 15) is 39.5 Å². The van der Waals surface area contributed by atoms with Gasteiger partial charge in [0.2, 0.25) is 0 Å². The average molecular weight is 338 g/mol. The van der Waals surface area contributed by atoms with E-state index in [1.807, 2.05) is 13.8 Å². The molecule has 130 valence electrons. The minimum atomic E-state index is -6.89. The lowest BCUT2D eigenvalue weighted by Gasteiger charge is -2.32. The smallest absolute Gasteiger partial charge is 0.382 e. The first-order valence-electron chi connectivity index (χ1n) is 5.64. The second kappa shape index (κ2) is 8.06. The molecule has 0 amide bonds. The third kappa shape index (κ3) is 5.53. The van der Waals surface area contributed by atoms with Gasteiger partial charge in [-0.1, -0.05) is 0 Å². The molecule has 0 radical (unpaired) electrons. The summed E-state index contributed by atoms with van der Waals surface area (Å²) in [5, 5.41) is 0. The molecule has 0 heterocycles. The summed E-state index contributed by atoms with van der Waals surface area (Å²) in [5.74, 6) is -13.6. The van der Waals surface area contributed by atoms with Crippen molar-refractivity contribution >= 4 is 0 Å². The van der Waals surface area contributed by atoms with E-state index in [2.05, 4.69) is 4.74 Å². The zero-order valence-corrected chi connectivity index (χ0v) is 11.3. The van der Waals surface area contributed by atoms with Gasteiger partial charge in [0.15, 0.2) is 0 Å². The van der Waals surface area contributed by atoms with Crippen LogP contribution in [-0.4, -0.2) is 44.0 Å². The van der Waals surface area contributed by atoms with Crippen molar-refractivity contribution in [2.45, 2.75) is 44.9 Å². The minimum absolute atomic E-state index is 0.732. The molecular formula is C10H15F9O2. The number of alkyl halides is 9. The molecule has 21 heavy (non-hydrogen) atoms. The fourth-order valence-corrected chi connectivity index (χ4v) is 0.837. The van der Waals surface area contributed by atoms with Gasteiger partial charge in [0.05, 0.1) is 6.61 Å². The van der Waals surface area contributed by atoms with Crippen molar-refractivity contribution in [3.8, 4) is 0 Å². The molecule has 0 bridgehead atoms. The van der Waals surface area contributed by atoms with Crippen molar-refractivity contribution in [3.05, 3.63) is 0 Å². The molecule has 0 aromatic rings. The standard InChI is InChI=1S/C6H5F9O.C4H10O/c1-2-16-6(14,15)4(9,10)3(7,8)5(11,12)13;1-3-5-4-2/h2H2,1H3;3-4H2,1-2H3. The molecule has 0 aromatic carbocycles. The normalized spacial score (nSPS) is 13.7. The molecule has 0 fully saturated rings. The van der Waals surface area contributed by atoms with Gasteiger partial charge in [-0.25, -0.2) is 0 Å². The van der Waals surface area contributed by atoms with Crippen molar-refractivity contribution in [2.24, 2.45) is 0 Å². The highest BCUT2D eigenvalue weighted by molar-refractivity contribution is 4.96. The van der Waals surface area contributed by atoms with Crippen LogP contribution < -0.4 is 0 Å². The van der Waals surface area contributed by atoms with Crippen molar-refractivity contribution in [1.29, 1.82) is 0 Å². The Bertz CT molecular complexity index is 287. The van der Waals surface area contributed by atoms with Crippen molar-refractivity contribution < 1.29 is 49.0 Å². The van der Waals surface area contributed by atoms with E-state index in [0.717, 1.165) is 20.1 Å². The van der Waals surface area contributed by atoms with Crippen LogP contribution in [0, 0.1) is 0 Å². The Morgan fingerprint density at radius 3 is 1.19 bits per heavy atom. The number of halogens is 9. The first-order valence-corrected chi connectivity index (χ1v) is 5.64. The Labute approximate surface area is 115 Å². The molecule has 0 aliphatic heterocycles. The van der Waals surface area contributed by atoms with Gasteiger partial charge in [-0.3, -0.25) is 0 Å². The van der Waals surface area contributed by atoms with Crippen LogP contribution in [0.25, 0.3) is 0 Å². The highest BCUT2D eigenvalue weighted by Gasteiger charge is 2.82. The molecule has 0 aliphatic rings. The van der Waals surface area contributed by atoms with Crippen molar-refractivity contribution in [3.63, 3.8) is 0 Å². The van der Waals surface area contributed by atoms with Crippen LogP contribution in [-0.2, 0) is 9.47 Å². The number of hydrogen-bond acceptors (Lipinski definition) is 2. The van der Waals surface area contributed by atoms with Crippen molar-refractivity contribution in [1.82, 2.24) is 0 Å². The molecule has 0 saturated carbocycles. The predicted octanol–water partition coefficient (Wildman–Crippen LogP) is 4.49. The van der Waals surface area contributed by atoms with Crippen LogP contribution in [0.1, 0.15) is 20.8 Å². The molecule has 0 atom stereocenters. The highest BCUT2D eigenvalue weighted by atomic mass is 19.4. The Hall–Kier alpha value is -0.710. The molecule has 0 aromatic heterocycles. The van der Waals surface area contributed by atoms with E-state index in [0.29, 0.717) is 0 Å². The molecule has 0 rings (SSSR count). The molecule has 2 nitrogen and oxygen atoms in total. The summed E-state index contributed by atoms with van der Waals surface area (Å²) >= 11 is 0. The fraction of sp³-hybridized carbons (Fsp3) is 1.00. The third-order valence-corrected chi connectivity index (χ3v) is 1.85. The number of rotatable bonds is 6. The van der Waals surface area contributed by atoms with Crippen LogP contribution >= 0.6 is 0 Å². The van der Waals surface area contributed by atoms with E-state index in [4.69, 9.17) is 4.74 Å². The molecule has 0 spiro atoms. The summed E-state index contributed by atoms with van der Waals surface area (Å²) in [7, 11) is 0. The summed E-state index contributed by atoms with van der Waals surface area (Å²) in [6, 6.07) is 0. The Balaban J connectivity index is 0. The molecule has 0 N–H and O–H groups in total. The van der Waals surface area contributed by atoms with Gasteiger partial charge in [-0.15, -0.1) is 0 Å². The third-order valence-electron chi connectivity index (χ3n) is 1.85. The molecule has 0 unspecified atom stereocenters. The summed E-state index contributed by atoms with van der Waals surface area (Å²) < 4.78 is 116. The zero-order chi connectivity index (χ0) is 17.5. The summed E-state index contributed by atoms with van der Waals surface area (Å²) in [4.78, 5) is 0. The van der Waals surface area contributed by atoms with E-state index < -0.39 is 30.7 Å². The maximum absolute atomic E-state index is 12.3. The van der Waals surface area contributed by atoms with Crippen LogP contribution in [0.5, 0.6) is 0 Å². The average Bonchev–Trinajstić information content (AvgIpc) is 2.28. The maximum Gasteiger partial charge on any atom is 0.460 e.